The molecule has 0 aliphatic carbocycles. The number of methoxy groups -OCH3 is 1. The maximum Gasteiger partial charge on any atom is 0.282 e. The Bertz CT molecular complexity index is 962. The highest BCUT2D eigenvalue weighted by molar-refractivity contribution is 6.04. The summed E-state index contributed by atoms with van der Waals surface area (Å²) in [5, 5.41) is 5.71. The maximum absolute atomic E-state index is 13.3. The van der Waals surface area contributed by atoms with Crippen molar-refractivity contribution in [2.75, 3.05) is 42.3 Å². The van der Waals surface area contributed by atoms with Crippen molar-refractivity contribution >= 4 is 34.8 Å². The van der Waals surface area contributed by atoms with E-state index < -0.39 is 0 Å². The lowest BCUT2D eigenvalue weighted by Gasteiger charge is -2.29. The summed E-state index contributed by atoms with van der Waals surface area (Å²) in [6, 6.07) is 14.2. The van der Waals surface area contributed by atoms with Crippen LogP contribution in [0.25, 0.3) is 0 Å². The Balaban J connectivity index is 1.70. The molecule has 1 unspecified atom stereocenters. The van der Waals surface area contributed by atoms with Gasteiger partial charge >= 0.3 is 0 Å². The Hall–Kier alpha value is -3.39. The Morgan fingerprint density at radius 1 is 1.16 bits per heavy atom. The van der Waals surface area contributed by atoms with Crippen LogP contribution in [0, 0.1) is 0 Å². The van der Waals surface area contributed by atoms with Crippen LogP contribution in [0.2, 0.25) is 0 Å². The van der Waals surface area contributed by atoms with Gasteiger partial charge in [-0.3, -0.25) is 14.4 Å². The molecule has 3 amide bonds. The normalized spacial score (nSPS) is 16.5. The first-order valence-electron chi connectivity index (χ1n) is 10.4. The maximum atomic E-state index is 13.3. The van der Waals surface area contributed by atoms with Crippen LogP contribution in [0.4, 0.5) is 17.1 Å². The van der Waals surface area contributed by atoms with E-state index in [1.165, 1.54) is 0 Å². The zero-order chi connectivity index (χ0) is 22.4. The van der Waals surface area contributed by atoms with Crippen molar-refractivity contribution in [2.45, 2.75) is 26.3 Å². The van der Waals surface area contributed by atoms with E-state index in [1.54, 1.807) is 30.2 Å². The summed E-state index contributed by atoms with van der Waals surface area (Å²) < 4.78 is 5.27. The van der Waals surface area contributed by atoms with E-state index in [0.29, 0.717) is 29.4 Å². The van der Waals surface area contributed by atoms with Gasteiger partial charge in [-0.25, -0.2) is 0 Å². The molecule has 164 valence electrons. The lowest BCUT2D eigenvalue weighted by molar-refractivity contribution is -0.881. The van der Waals surface area contributed by atoms with Crippen LogP contribution in [0.1, 0.15) is 20.3 Å². The number of fused-ring (bicyclic) bond motifs is 1. The summed E-state index contributed by atoms with van der Waals surface area (Å²) >= 11 is 0. The van der Waals surface area contributed by atoms with Crippen LogP contribution in [0.3, 0.4) is 0 Å². The van der Waals surface area contributed by atoms with Gasteiger partial charge in [-0.2, -0.15) is 0 Å². The molecule has 1 heterocycles. The molecule has 0 saturated heterocycles. The average Bonchev–Trinajstić information content (AvgIpc) is 2.87. The van der Waals surface area contributed by atoms with Crippen molar-refractivity contribution < 1.29 is 24.0 Å². The molecule has 0 aromatic heterocycles. The highest BCUT2D eigenvalue weighted by atomic mass is 16.5. The van der Waals surface area contributed by atoms with Crippen LogP contribution in [-0.2, 0) is 14.4 Å². The van der Waals surface area contributed by atoms with Gasteiger partial charge in [-0.15, -0.1) is 0 Å². The summed E-state index contributed by atoms with van der Waals surface area (Å²) in [4.78, 5) is 40.5. The Morgan fingerprint density at radius 2 is 1.87 bits per heavy atom. The molecular weight excluding hydrogens is 396 g/mol. The van der Waals surface area contributed by atoms with E-state index in [2.05, 4.69) is 10.6 Å². The molecule has 0 saturated carbocycles. The van der Waals surface area contributed by atoms with Gasteiger partial charge in [-0.05, 0) is 38.1 Å². The summed E-state index contributed by atoms with van der Waals surface area (Å²) in [6.45, 7) is 4.68. The molecule has 8 nitrogen and oxygen atoms in total. The number of para-hydroxylation sites is 4. The quantitative estimate of drug-likeness (QED) is 0.624. The number of ether oxygens (including phenoxy) is 1. The lowest BCUT2D eigenvalue weighted by Crippen LogP contribution is -3.14. The van der Waals surface area contributed by atoms with E-state index in [0.717, 1.165) is 4.90 Å². The van der Waals surface area contributed by atoms with Gasteiger partial charge in [0.25, 0.3) is 11.8 Å². The van der Waals surface area contributed by atoms with Crippen molar-refractivity contribution in [3.63, 3.8) is 0 Å². The SMILES string of the molecule is CC[NH+](CC(=O)Nc1ccccc1OC)CC(=O)N1c2ccccc2NC(=O)C[C@H]1C. The number of likely N-dealkylation sites (N-methyl/N-ethyl adjacent to an activating group) is 1. The van der Waals surface area contributed by atoms with Crippen LogP contribution in [-0.4, -0.2) is 50.5 Å². The number of hydrogen-bond acceptors (Lipinski definition) is 4. The van der Waals surface area contributed by atoms with Gasteiger partial charge in [0.05, 0.1) is 30.7 Å². The van der Waals surface area contributed by atoms with Crippen LogP contribution in [0.15, 0.2) is 48.5 Å². The molecule has 2 aromatic carbocycles. The fourth-order valence-corrected chi connectivity index (χ4v) is 3.75. The van der Waals surface area contributed by atoms with E-state index >= 15 is 0 Å². The predicted octanol–water partition coefficient (Wildman–Crippen LogP) is 1.30. The third-order valence-corrected chi connectivity index (χ3v) is 5.32. The lowest BCUT2D eigenvalue weighted by atomic mass is 10.1. The number of rotatable bonds is 7. The Labute approximate surface area is 182 Å². The highest BCUT2D eigenvalue weighted by Gasteiger charge is 2.31. The second-order valence-corrected chi connectivity index (χ2v) is 7.59. The zero-order valence-corrected chi connectivity index (χ0v) is 18.1. The number of quaternary nitrogens is 1. The second kappa shape index (κ2) is 10.1. The molecule has 31 heavy (non-hydrogen) atoms. The third kappa shape index (κ3) is 5.40. The van der Waals surface area contributed by atoms with Crippen LogP contribution >= 0.6 is 0 Å². The minimum Gasteiger partial charge on any atom is -0.495 e. The fraction of sp³-hybridized carbons (Fsp3) is 0.348. The number of anilines is 3. The van der Waals surface area contributed by atoms with Crippen LogP contribution in [0.5, 0.6) is 5.75 Å². The number of benzene rings is 2. The molecular formula is C23H29N4O4+. The fourth-order valence-electron chi connectivity index (χ4n) is 3.75. The van der Waals surface area contributed by atoms with E-state index in [4.69, 9.17) is 4.74 Å². The van der Waals surface area contributed by atoms with Gasteiger partial charge < -0.3 is 25.2 Å². The van der Waals surface area contributed by atoms with Gasteiger partial charge in [-0.1, -0.05) is 24.3 Å². The molecule has 0 spiro atoms. The minimum absolute atomic E-state index is 0.119. The molecule has 1 aliphatic rings. The van der Waals surface area contributed by atoms with Gasteiger partial charge in [0.2, 0.25) is 5.91 Å². The largest absolute Gasteiger partial charge is 0.495 e. The standard InChI is InChI=1S/C23H28N4O4/c1-4-26(14-22(29)25-18-10-6-8-12-20(18)31-3)15-23(30)27-16(2)13-21(28)24-17-9-5-7-11-19(17)27/h5-12,16H,4,13-15H2,1-3H3,(H,24,28)(H,25,29)/p+1/t16-/m1/s1. The highest BCUT2D eigenvalue weighted by Crippen LogP contribution is 2.31. The summed E-state index contributed by atoms with van der Waals surface area (Å²) in [5.41, 5.74) is 1.90. The van der Waals surface area contributed by atoms with Gasteiger partial charge in [0, 0.05) is 12.5 Å². The monoisotopic (exact) mass is 425 g/mol. The number of nitrogens with zero attached hydrogens (tertiary/aromatic N) is 1. The summed E-state index contributed by atoms with van der Waals surface area (Å²) in [7, 11) is 1.55. The van der Waals surface area contributed by atoms with E-state index in [9.17, 15) is 14.4 Å². The van der Waals surface area contributed by atoms with E-state index in [1.807, 2.05) is 44.2 Å². The first-order valence-corrected chi connectivity index (χ1v) is 10.4. The number of carbonyl (C=O) groups is 3. The van der Waals surface area contributed by atoms with Crippen molar-refractivity contribution in [1.82, 2.24) is 0 Å². The van der Waals surface area contributed by atoms with Crippen molar-refractivity contribution in [2.24, 2.45) is 0 Å². The Kier molecular flexibility index (Phi) is 7.25. The minimum atomic E-state index is -0.281. The molecule has 1 aliphatic heterocycles. The molecule has 0 radical (unpaired) electrons. The summed E-state index contributed by atoms with van der Waals surface area (Å²) in [5.74, 6) is 0.136. The second-order valence-electron chi connectivity index (χ2n) is 7.59. The molecule has 8 heteroatoms. The number of nitrogens with one attached hydrogen (secondary N) is 3. The summed E-state index contributed by atoms with van der Waals surface area (Å²) in [6.07, 6.45) is 0.218. The van der Waals surface area contributed by atoms with Crippen molar-refractivity contribution in [1.29, 1.82) is 0 Å². The van der Waals surface area contributed by atoms with Crippen LogP contribution < -0.4 is 25.2 Å². The first-order chi connectivity index (χ1) is 14.9. The number of amides is 3. The topological polar surface area (TPSA) is 92.2 Å². The molecule has 0 bridgehead atoms. The first kappa shape index (κ1) is 22.3. The van der Waals surface area contributed by atoms with Crippen molar-refractivity contribution in [3.05, 3.63) is 48.5 Å². The van der Waals surface area contributed by atoms with Gasteiger partial charge in [0.1, 0.15) is 5.75 Å². The Morgan fingerprint density at radius 3 is 2.61 bits per heavy atom. The molecule has 2 atom stereocenters. The molecule has 3 N–H and O–H groups in total. The number of carbonyl (C=O) groups excluding carboxylic acids is 3. The molecule has 3 rings (SSSR count). The predicted molar refractivity (Wildman–Crippen MR) is 119 cm³/mol. The third-order valence-electron chi connectivity index (χ3n) is 5.32. The van der Waals surface area contributed by atoms with Gasteiger partial charge in [0.15, 0.2) is 13.1 Å². The smallest absolute Gasteiger partial charge is 0.282 e. The number of hydrogen-bond donors (Lipinski definition) is 3. The molecule has 0 fully saturated rings. The average molecular weight is 426 g/mol. The van der Waals surface area contributed by atoms with Crippen molar-refractivity contribution in [3.8, 4) is 5.75 Å². The zero-order valence-electron chi connectivity index (χ0n) is 18.1. The van der Waals surface area contributed by atoms with E-state index in [-0.39, 0.29) is 43.3 Å². The molecule has 2 aromatic rings.